The summed E-state index contributed by atoms with van der Waals surface area (Å²) in [5, 5.41) is 15.6. The number of rotatable bonds is 6. The highest BCUT2D eigenvalue weighted by Crippen LogP contribution is 2.35. The van der Waals surface area contributed by atoms with Crippen molar-refractivity contribution < 1.29 is 0 Å². The fraction of sp³-hybridized carbons (Fsp3) is 0.548. The Bertz CT molecular complexity index is 957. The summed E-state index contributed by atoms with van der Waals surface area (Å²) < 4.78 is 0. The average Bonchev–Trinajstić information content (AvgIpc) is 2.86. The predicted molar refractivity (Wildman–Crippen MR) is 167 cm³/mol. The quantitative estimate of drug-likeness (QED) is 0.284. The molecule has 37 heavy (non-hydrogen) atoms. The summed E-state index contributed by atoms with van der Waals surface area (Å²) in [6, 6.07) is 13.7. The molecule has 200 valence electrons. The van der Waals surface area contributed by atoms with Gasteiger partial charge in [0.25, 0.3) is 0 Å². The molecule has 2 aromatic rings. The Morgan fingerprint density at radius 1 is 0.595 bits per heavy atom. The lowest BCUT2D eigenvalue weighted by Gasteiger charge is -2.35. The number of benzene rings is 2. The standard InChI is InChI=1S/C31H44N4S2/c1-20-7-5-8-21(2)28(20)34-30(36)32-26-15-11-24(12-16-26)19-25-13-17-27(18-14-25)33-31(37)35-29-22(3)9-6-10-23(29)4/h5-10,24-27H,11-19H2,1-4H3,(H2,32,34,36)(H2,33,35,37). The number of para-hydroxylation sites is 2. The normalized spacial score (nSPS) is 23.7. The van der Waals surface area contributed by atoms with Crippen LogP contribution in [-0.2, 0) is 0 Å². The Kier molecular flexibility index (Phi) is 9.83. The van der Waals surface area contributed by atoms with Crippen LogP contribution in [0.1, 0.15) is 80.0 Å². The molecule has 0 radical (unpaired) electrons. The Balaban J connectivity index is 1.13. The van der Waals surface area contributed by atoms with Gasteiger partial charge in [0.1, 0.15) is 0 Å². The van der Waals surface area contributed by atoms with Crippen LogP contribution in [0, 0.1) is 39.5 Å². The topological polar surface area (TPSA) is 48.1 Å². The van der Waals surface area contributed by atoms with E-state index in [0.29, 0.717) is 12.1 Å². The second kappa shape index (κ2) is 13.1. The van der Waals surface area contributed by atoms with E-state index < -0.39 is 0 Å². The van der Waals surface area contributed by atoms with Gasteiger partial charge in [0.05, 0.1) is 0 Å². The molecule has 4 nitrogen and oxygen atoms in total. The lowest BCUT2D eigenvalue weighted by molar-refractivity contribution is 0.217. The molecule has 0 aliphatic heterocycles. The number of thiocarbonyl (C=S) groups is 2. The van der Waals surface area contributed by atoms with Crippen LogP contribution in [0.25, 0.3) is 0 Å². The highest BCUT2D eigenvalue weighted by Gasteiger charge is 2.27. The van der Waals surface area contributed by atoms with E-state index in [1.165, 1.54) is 80.0 Å². The van der Waals surface area contributed by atoms with Crippen LogP contribution >= 0.6 is 24.4 Å². The van der Waals surface area contributed by atoms with E-state index in [4.69, 9.17) is 24.4 Å². The van der Waals surface area contributed by atoms with E-state index in [1.54, 1.807) is 0 Å². The van der Waals surface area contributed by atoms with Gasteiger partial charge in [-0.05, 0) is 144 Å². The number of anilines is 2. The predicted octanol–water partition coefficient (Wildman–Crippen LogP) is 7.70. The molecular formula is C31H44N4S2. The Hall–Kier alpha value is -2.18. The van der Waals surface area contributed by atoms with Crippen LogP contribution in [0.3, 0.4) is 0 Å². The van der Waals surface area contributed by atoms with Crippen LogP contribution in [0.15, 0.2) is 36.4 Å². The van der Waals surface area contributed by atoms with Crippen molar-refractivity contribution in [3.05, 3.63) is 58.7 Å². The number of aryl methyl sites for hydroxylation is 4. The minimum Gasteiger partial charge on any atom is -0.360 e. The van der Waals surface area contributed by atoms with E-state index >= 15 is 0 Å². The first-order valence-electron chi connectivity index (χ1n) is 14.1. The largest absolute Gasteiger partial charge is 0.360 e. The van der Waals surface area contributed by atoms with Gasteiger partial charge in [-0.1, -0.05) is 36.4 Å². The van der Waals surface area contributed by atoms with Gasteiger partial charge in [0.15, 0.2) is 10.2 Å². The van der Waals surface area contributed by atoms with Gasteiger partial charge >= 0.3 is 0 Å². The summed E-state index contributed by atoms with van der Waals surface area (Å²) in [7, 11) is 0. The summed E-state index contributed by atoms with van der Waals surface area (Å²) in [5.74, 6) is 1.72. The van der Waals surface area contributed by atoms with Crippen molar-refractivity contribution in [1.82, 2.24) is 10.6 Å². The third kappa shape index (κ3) is 7.90. The second-order valence-corrected chi connectivity index (χ2v) is 12.2. The molecule has 2 fully saturated rings. The molecule has 0 spiro atoms. The van der Waals surface area contributed by atoms with Gasteiger partial charge in [-0.25, -0.2) is 0 Å². The van der Waals surface area contributed by atoms with E-state index in [0.717, 1.165) is 33.4 Å². The van der Waals surface area contributed by atoms with Crippen molar-refractivity contribution in [2.75, 3.05) is 10.6 Å². The summed E-state index contributed by atoms with van der Waals surface area (Å²) in [6.07, 6.45) is 11.5. The monoisotopic (exact) mass is 536 g/mol. The third-order valence-electron chi connectivity index (χ3n) is 8.47. The molecule has 0 saturated heterocycles. The summed E-state index contributed by atoms with van der Waals surface area (Å²) >= 11 is 11.3. The van der Waals surface area contributed by atoms with E-state index in [1.807, 2.05) is 0 Å². The first-order chi connectivity index (χ1) is 17.8. The summed E-state index contributed by atoms with van der Waals surface area (Å²) in [5.41, 5.74) is 7.21. The van der Waals surface area contributed by atoms with Crippen LogP contribution in [0.5, 0.6) is 0 Å². The minimum absolute atomic E-state index is 0.492. The van der Waals surface area contributed by atoms with Crippen molar-refractivity contribution in [2.24, 2.45) is 11.8 Å². The molecular weight excluding hydrogens is 493 g/mol. The zero-order valence-corrected chi connectivity index (χ0v) is 24.6. The molecule has 2 aliphatic rings. The molecule has 2 aliphatic carbocycles. The van der Waals surface area contributed by atoms with Crippen molar-refractivity contribution >= 4 is 46.0 Å². The van der Waals surface area contributed by atoms with Crippen LogP contribution < -0.4 is 21.3 Å². The molecule has 4 rings (SSSR count). The minimum atomic E-state index is 0.492. The first-order valence-corrected chi connectivity index (χ1v) is 14.9. The Morgan fingerprint density at radius 2 is 0.919 bits per heavy atom. The maximum atomic E-state index is 5.64. The van der Waals surface area contributed by atoms with Crippen LogP contribution in [-0.4, -0.2) is 22.3 Å². The Labute approximate surface area is 234 Å². The van der Waals surface area contributed by atoms with Crippen LogP contribution in [0.2, 0.25) is 0 Å². The number of nitrogens with one attached hydrogen (secondary N) is 4. The lowest BCUT2D eigenvalue weighted by Crippen LogP contribution is -2.41. The Morgan fingerprint density at radius 3 is 1.24 bits per heavy atom. The zero-order valence-electron chi connectivity index (χ0n) is 23.0. The maximum Gasteiger partial charge on any atom is 0.171 e. The number of hydrogen-bond donors (Lipinski definition) is 4. The van der Waals surface area contributed by atoms with Gasteiger partial charge in [-0.2, -0.15) is 0 Å². The van der Waals surface area contributed by atoms with Gasteiger partial charge in [-0.3, -0.25) is 0 Å². The number of hydrogen-bond acceptors (Lipinski definition) is 2. The summed E-state index contributed by atoms with van der Waals surface area (Å²) in [6.45, 7) is 8.52. The average molecular weight is 537 g/mol. The molecule has 2 aromatic carbocycles. The van der Waals surface area contributed by atoms with Crippen molar-refractivity contribution in [3.8, 4) is 0 Å². The molecule has 4 N–H and O–H groups in total. The van der Waals surface area contributed by atoms with Crippen LogP contribution in [0.4, 0.5) is 11.4 Å². The molecule has 0 bridgehead atoms. The zero-order chi connectivity index (χ0) is 26.4. The summed E-state index contributed by atoms with van der Waals surface area (Å²) in [4.78, 5) is 0. The van der Waals surface area contributed by atoms with Gasteiger partial charge in [0.2, 0.25) is 0 Å². The van der Waals surface area contributed by atoms with Gasteiger partial charge < -0.3 is 21.3 Å². The van der Waals surface area contributed by atoms with Crippen molar-refractivity contribution in [1.29, 1.82) is 0 Å². The van der Waals surface area contributed by atoms with E-state index in [-0.39, 0.29) is 0 Å². The van der Waals surface area contributed by atoms with Crippen molar-refractivity contribution in [3.63, 3.8) is 0 Å². The molecule has 0 amide bonds. The molecule has 6 heteroatoms. The molecule has 0 atom stereocenters. The third-order valence-corrected chi connectivity index (χ3v) is 8.91. The molecule has 0 heterocycles. The second-order valence-electron chi connectivity index (χ2n) is 11.4. The van der Waals surface area contributed by atoms with Gasteiger partial charge in [0, 0.05) is 23.5 Å². The van der Waals surface area contributed by atoms with E-state index in [2.05, 4.69) is 85.4 Å². The lowest BCUT2D eigenvalue weighted by atomic mass is 9.76. The SMILES string of the molecule is Cc1cccc(C)c1NC(=S)NC1CCC(CC2CCC(NC(=S)Nc3c(C)cccc3C)CC2)CC1. The first kappa shape index (κ1) is 27.8. The molecule has 0 aromatic heterocycles. The van der Waals surface area contributed by atoms with Crippen molar-refractivity contribution in [2.45, 2.75) is 97.6 Å². The smallest absolute Gasteiger partial charge is 0.171 e. The molecule has 0 unspecified atom stereocenters. The highest BCUT2D eigenvalue weighted by molar-refractivity contribution is 7.80. The van der Waals surface area contributed by atoms with E-state index in [9.17, 15) is 0 Å². The van der Waals surface area contributed by atoms with Gasteiger partial charge in [-0.15, -0.1) is 0 Å². The fourth-order valence-corrected chi connectivity index (χ4v) is 6.79. The molecule has 2 saturated carbocycles. The fourth-order valence-electron chi connectivity index (χ4n) is 6.25. The maximum absolute atomic E-state index is 5.64. The highest BCUT2D eigenvalue weighted by atomic mass is 32.1.